The predicted molar refractivity (Wildman–Crippen MR) is 94.2 cm³/mol. The van der Waals surface area contributed by atoms with Crippen molar-refractivity contribution < 1.29 is 5.11 Å². The van der Waals surface area contributed by atoms with Crippen molar-refractivity contribution in [2.75, 3.05) is 0 Å². The Kier molecular flexibility index (Phi) is 3.95. The second-order valence-corrected chi connectivity index (χ2v) is 6.30. The van der Waals surface area contributed by atoms with E-state index in [4.69, 9.17) is 0 Å². The SMILES string of the molecule is Cc1ccc(-c2c(O)nn(-c3ccccc3C)c2C(C)C)cc1. The molecule has 0 aliphatic carbocycles. The third-order valence-corrected chi connectivity index (χ3v) is 4.13. The van der Waals surface area contributed by atoms with E-state index in [0.717, 1.165) is 28.1 Å². The van der Waals surface area contributed by atoms with Crippen LogP contribution in [0.25, 0.3) is 16.8 Å². The highest BCUT2D eigenvalue weighted by Gasteiger charge is 2.22. The molecule has 0 aliphatic heterocycles. The van der Waals surface area contributed by atoms with Crippen LogP contribution in [0, 0.1) is 13.8 Å². The Hall–Kier alpha value is -2.55. The Bertz CT molecular complexity index is 829. The van der Waals surface area contributed by atoms with Crippen molar-refractivity contribution in [2.45, 2.75) is 33.6 Å². The molecular weight excluding hydrogens is 284 g/mol. The first-order valence-electron chi connectivity index (χ1n) is 7.94. The Morgan fingerprint density at radius 3 is 2.22 bits per heavy atom. The van der Waals surface area contributed by atoms with Crippen LogP contribution < -0.4 is 0 Å². The van der Waals surface area contributed by atoms with Crippen molar-refractivity contribution in [3.05, 3.63) is 65.4 Å². The van der Waals surface area contributed by atoms with Crippen LogP contribution >= 0.6 is 0 Å². The van der Waals surface area contributed by atoms with E-state index in [1.54, 1.807) is 0 Å². The summed E-state index contributed by atoms with van der Waals surface area (Å²) in [5.74, 6) is 0.320. The largest absolute Gasteiger partial charge is 0.492 e. The van der Waals surface area contributed by atoms with Crippen LogP contribution in [0.4, 0.5) is 0 Å². The van der Waals surface area contributed by atoms with Crippen LogP contribution in [0.5, 0.6) is 5.88 Å². The second-order valence-electron chi connectivity index (χ2n) is 6.30. The summed E-state index contributed by atoms with van der Waals surface area (Å²) < 4.78 is 1.88. The molecule has 0 atom stereocenters. The molecule has 3 aromatic rings. The first-order chi connectivity index (χ1) is 11.0. The van der Waals surface area contributed by atoms with E-state index in [9.17, 15) is 5.11 Å². The Morgan fingerprint density at radius 2 is 1.61 bits per heavy atom. The van der Waals surface area contributed by atoms with Gasteiger partial charge in [0.2, 0.25) is 5.88 Å². The number of aryl methyl sites for hydroxylation is 2. The van der Waals surface area contributed by atoms with Gasteiger partial charge in [-0.15, -0.1) is 5.10 Å². The highest BCUT2D eigenvalue weighted by atomic mass is 16.3. The lowest BCUT2D eigenvalue weighted by Crippen LogP contribution is -2.06. The number of aromatic hydroxyl groups is 1. The van der Waals surface area contributed by atoms with Gasteiger partial charge in [0.25, 0.3) is 0 Å². The van der Waals surface area contributed by atoms with Gasteiger partial charge in [-0.1, -0.05) is 61.9 Å². The van der Waals surface area contributed by atoms with Crippen molar-refractivity contribution in [1.29, 1.82) is 0 Å². The maximum absolute atomic E-state index is 10.5. The van der Waals surface area contributed by atoms with Crippen LogP contribution in [0.3, 0.4) is 0 Å². The number of aromatic nitrogens is 2. The van der Waals surface area contributed by atoms with Gasteiger partial charge < -0.3 is 5.11 Å². The smallest absolute Gasteiger partial charge is 0.239 e. The van der Waals surface area contributed by atoms with Gasteiger partial charge in [0, 0.05) is 0 Å². The van der Waals surface area contributed by atoms with Gasteiger partial charge in [0.05, 0.1) is 16.9 Å². The zero-order valence-electron chi connectivity index (χ0n) is 14.0. The molecule has 3 heteroatoms. The van der Waals surface area contributed by atoms with E-state index in [1.165, 1.54) is 5.56 Å². The Morgan fingerprint density at radius 1 is 0.957 bits per heavy atom. The molecule has 0 bridgehead atoms. The summed E-state index contributed by atoms with van der Waals surface area (Å²) in [5, 5.41) is 14.9. The molecule has 0 spiro atoms. The van der Waals surface area contributed by atoms with Crippen molar-refractivity contribution in [2.24, 2.45) is 0 Å². The van der Waals surface area contributed by atoms with Crippen molar-refractivity contribution in [3.63, 3.8) is 0 Å². The fourth-order valence-electron chi connectivity index (χ4n) is 2.93. The Balaban J connectivity index is 2.26. The number of hydrogen-bond acceptors (Lipinski definition) is 2. The molecule has 0 fully saturated rings. The van der Waals surface area contributed by atoms with Gasteiger partial charge in [-0.05, 0) is 37.0 Å². The molecule has 0 saturated heterocycles. The van der Waals surface area contributed by atoms with Crippen LogP contribution in [0.15, 0.2) is 48.5 Å². The van der Waals surface area contributed by atoms with Crippen molar-refractivity contribution >= 4 is 0 Å². The molecule has 0 aliphatic rings. The van der Waals surface area contributed by atoms with E-state index in [1.807, 2.05) is 35.0 Å². The summed E-state index contributed by atoms with van der Waals surface area (Å²) in [7, 11) is 0. The lowest BCUT2D eigenvalue weighted by atomic mass is 9.98. The maximum Gasteiger partial charge on any atom is 0.239 e. The number of nitrogens with zero attached hydrogens (tertiary/aromatic N) is 2. The van der Waals surface area contributed by atoms with Crippen LogP contribution in [-0.2, 0) is 0 Å². The number of para-hydroxylation sites is 1. The minimum absolute atomic E-state index is 0.0841. The zero-order valence-corrected chi connectivity index (χ0v) is 14.0. The Labute approximate surface area is 137 Å². The molecule has 1 aromatic heterocycles. The molecular formula is C20H22N2O. The van der Waals surface area contributed by atoms with E-state index in [2.05, 4.69) is 51.0 Å². The molecule has 1 heterocycles. The zero-order chi connectivity index (χ0) is 16.6. The normalized spacial score (nSPS) is 11.2. The minimum atomic E-state index is 0.0841. The third kappa shape index (κ3) is 2.74. The van der Waals surface area contributed by atoms with E-state index in [0.29, 0.717) is 0 Å². The molecule has 118 valence electrons. The monoisotopic (exact) mass is 306 g/mol. The average Bonchev–Trinajstić information content (AvgIpc) is 2.86. The second kappa shape index (κ2) is 5.92. The maximum atomic E-state index is 10.5. The highest BCUT2D eigenvalue weighted by Crippen LogP contribution is 2.38. The van der Waals surface area contributed by atoms with Gasteiger partial charge in [-0.2, -0.15) is 0 Å². The number of hydrogen-bond donors (Lipinski definition) is 1. The van der Waals surface area contributed by atoms with Crippen molar-refractivity contribution in [3.8, 4) is 22.7 Å². The van der Waals surface area contributed by atoms with Gasteiger partial charge in [0.15, 0.2) is 0 Å². The number of rotatable bonds is 3. The van der Waals surface area contributed by atoms with Crippen LogP contribution in [0.1, 0.15) is 36.6 Å². The molecule has 23 heavy (non-hydrogen) atoms. The van der Waals surface area contributed by atoms with Gasteiger partial charge in [-0.3, -0.25) is 0 Å². The first kappa shape index (κ1) is 15.3. The topological polar surface area (TPSA) is 38.1 Å². The third-order valence-electron chi connectivity index (χ3n) is 4.13. The molecule has 1 N–H and O–H groups in total. The van der Waals surface area contributed by atoms with E-state index in [-0.39, 0.29) is 11.8 Å². The summed E-state index contributed by atoms with van der Waals surface area (Å²) in [4.78, 5) is 0. The molecule has 0 unspecified atom stereocenters. The quantitative estimate of drug-likeness (QED) is 0.740. The van der Waals surface area contributed by atoms with E-state index >= 15 is 0 Å². The minimum Gasteiger partial charge on any atom is -0.492 e. The van der Waals surface area contributed by atoms with Gasteiger partial charge in [-0.25, -0.2) is 4.68 Å². The fraction of sp³-hybridized carbons (Fsp3) is 0.250. The summed E-state index contributed by atoms with van der Waals surface area (Å²) in [6.07, 6.45) is 0. The first-order valence-corrected chi connectivity index (χ1v) is 7.94. The fourth-order valence-corrected chi connectivity index (χ4v) is 2.93. The lowest BCUT2D eigenvalue weighted by Gasteiger charge is -2.14. The van der Waals surface area contributed by atoms with E-state index < -0.39 is 0 Å². The molecule has 0 radical (unpaired) electrons. The summed E-state index contributed by atoms with van der Waals surface area (Å²) >= 11 is 0. The average molecular weight is 306 g/mol. The standard InChI is InChI=1S/C20H22N2O/c1-13(2)19-18(16-11-9-14(3)10-12-16)20(23)21-22(19)17-8-6-5-7-15(17)4/h5-13H,1-4H3,(H,21,23). The molecule has 0 amide bonds. The lowest BCUT2D eigenvalue weighted by molar-refractivity contribution is 0.449. The van der Waals surface area contributed by atoms with Crippen LogP contribution in [-0.4, -0.2) is 14.9 Å². The predicted octanol–water partition coefficient (Wildman–Crippen LogP) is 4.99. The van der Waals surface area contributed by atoms with Gasteiger partial charge >= 0.3 is 0 Å². The molecule has 0 saturated carbocycles. The van der Waals surface area contributed by atoms with Crippen molar-refractivity contribution in [1.82, 2.24) is 9.78 Å². The van der Waals surface area contributed by atoms with Gasteiger partial charge in [0.1, 0.15) is 0 Å². The molecule has 3 rings (SSSR count). The summed E-state index contributed by atoms with van der Waals surface area (Å²) in [5.41, 5.74) is 6.18. The van der Waals surface area contributed by atoms with Crippen LogP contribution in [0.2, 0.25) is 0 Å². The molecule has 3 nitrogen and oxygen atoms in total. The summed E-state index contributed by atoms with van der Waals surface area (Å²) in [6.45, 7) is 8.37. The highest BCUT2D eigenvalue weighted by molar-refractivity contribution is 5.73. The number of benzene rings is 2. The summed E-state index contributed by atoms with van der Waals surface area (Å²) in [6, 6.07) is 16.3. The molecule has 2 aromatic carbocycles.